The Labute approximate surface area is 283 Å². The van der Waals surface area contributed by atoms with Crippen LogP contribution in [0.4, 0.5) is 0 Å². The van der Waals surface area contributed by atoms with Crippen LogP contribution in [0.1, 0.15) is 42.9 Å². The van der Waals surface area contributed by atoms with Crippen molar-refractivity contribution >= 4 is 39.6 Å². The lowest BCUT2D eigenvalue weighted by molar-refractivity contribution is -0.148. The first kappa shape index (κ1) is 34.5. The van der Waals surface area contributed by atoms with Gasteiger partial charge in [0.15, 0.2) is 0 Å². The molecular weight excluding hydrogens is 666 g/mol. The van der Waals surface area contributed by atoms with Crippen LogP contribution in [0.2, 0.25) is 0 Å². The predicted molar refractivity (Wildman–Crippen MR) is 179 cm³/mol. The molecule has 3 saturated heterocycles. The zero-order valence-corrected chi connectivity index (χ0v) is 27.9. The number of esters is 1. The molecule has 2 aromatic carbocycles. The lowest BCUT2D eigenvalue weighted by Crippen LogP contribution is -2.57. The van der Waals surface area contributed by atoms with E-state index in [-0.39, 0.29) is 55.8 Å². The van der Waals surface area contributed by atoms with Gasteiger partial charge < -0.3 is 29.7 Å². The third kappa shape index (κ3) is 7.07. The van der Waals surface area contributed by atoms with Crippen molar-refractivity contribution < 1.29 is 33.8 Å². The monoisotopic (exact) mass is 707 g/mol. The minimum absolute atomic E-state index is 0.0921. The summed E-state index contributed by atoms with van der Waals surface area (Å²) in [7, 11) is 0. The molecule has 1 unspecified atom stereocenters. The number of alkyl halides is 1. The number of benzene rings is 2. The Balaban J connectivity index is 1.45. The number of nitrogens with zero attached hydrogens (tertiary/aromatic N) is 2. The van der Waals surface area contributed by atoms with Crippen LogP contribution in [0.15, 0.2) is 86.0 Å². The topological polar surface area (TPSA) is 125 Å². The number of hydrogen-bond donors (Lipinski definition) is 2. The molecule has 2 bridgehead atoms. The van der Waals surface area contributed by atoms with Crippen molar-refractivity contribution in [1.29, 1.82) is 0 Å². The SMILES string of the molecule is C=CCCC(=O)OC[C@H](NC(=O)[C@@H]1[C@H]2O[C@@]3(CC2Br)[C@H](C(=O)N(CC=C)Cc2ccccc2)N(CCCO)C(=O)[C@@H]13)c1ccccc1. The molecule has 0 aliphatic carbocycles. The van der Waals surface area contributed by atoms with Gasteiger partial charge in [0.2, 0.25) is 17.7 Å². The van der Waals surface area contributed by atoms with Gasteiger partial charge in [0.1, 0.15) is 18.2 Å². The second kappa shape index (κ2) is 15.4. The second-order valence-corrected chi connectivity index (χ2v) is 13.4. The summed E-state index contributed by atoms with van der Waals surface area (Å²) in [6.45, 7) is 7.93. The van der Waals surface area contributed by atoms with Crippen LogP contribution in [0, 0.1) is 11.8 Å². The molecule has 3 heterocycles. The molecule has 1 spiro atoms. The van der Waals surface area contributed by atoms with Crippen LogP contribution in [0.25, 0.3) is 0 Å². The Morgan fingerprint density at radius 3 is 2.49 bits per heavy atom. The Morgan fingerprint density at radius 1 is 1.13 bits per heavy atom. The first-order valence-electron chi connectivity index (χ1n) is 16.0. The number of allylic oxidation sites excluding steroid dienone is 1. The van der Waals surface area contributed by atoms with Crippen LogP contribution in [-0.4, -0.2) is 87.5 Å². The Kier molecular flexibility index (Phi) is 11.3. The number of rotatable bonds is 16. The molecule has 0 radical (unpaired) electrons. The first-order valence-corrected chi connectivity index (χ1v) is 17.0. The van der Waals surface area contributed by atoms with Crippen LogP contribution in [0.3, 0.4) is 0 Å². The fourth-order valence-electron chi connectivity index (χ4n) is 7.20. The third-order valence-corrected chi connectivity index (χ3v) is 10.1. The number of halogens is 1. The van der Waals surface area contributed by atoms with Gasteiger partial charge >= 0.3 is 5.97 Å². The van der Waals surface area contributed by atoms with Gasteiger partial charge in [-0.25, -0.2) is 0 Å². The van der Waals surface area contributed by atoms with Crippen LogP contribution in [0.5, 0.6) is 0 Å². The molecule has 7 atom stereocenters. The van der Waals surface area contributed by atoms with Crippen molar-refractivity contribution in [2.75, 3.05) is 26.3 Å². The summed E-state index contributed by atoms with van der Waals surface area (Å²) in [4.78, 5) is 58.3. The van der Waals surface area contributed by atoms with Gasteiger partial charge in [0, 0.05) is 37.5 Å². The highest BCUT2D eigenvalue weighted by Crippen LogP contribution is 2.60. The molecule has 250 valence electrons. The van der Waals surface area contributed by atoms with E-state index in [2.05, 4.69) is 34.4 Å². The number of amides is 3. The van der Waals surface area contributed by atoms with E-state index in [9.17, 15) is 24.3 Å². The summed E-state index contributed by atoms with van der Waals surface area (Å²) in [6.07, 6.45) is 3.90. The summed E-state index contributed by atoms with van der Waals surface area (Å²) in [5, 5.41) is 12.7. The van der Waals surface area contributed by atoms with Crippen molar-refractivity contribution in [3.8, 4) is 0 Å². The van der Waals surface area contributed by atoms with E-state index in [1.807, 2.05) is 60.7 Å². The Bertz CT molecular complexity index is 1460. The molecule has 3 amide bonds. The highest BCUT2D eigenvalue weighted by atomic mass is 79.9. The van der Waals surface area contributed by atoms with Crippen molar-refractivity contribution in [2.45, 2.75) is 60.8 Å². The van der Waals surface area contributed by atoms with Gasteiger partial charge in [-0.05, 0) is 30.4 Å². The number of hydrogen-bond acceptors (Lipinski definition) is 7. The van der Waals surface area contributed by atoms with E-state index in [0.717, 1.165) is 11.1 Å². The molecule has 47 heavy (non-hydrogen) atoms. The molecule has 2 aromatic rings. The summed E-state index contributed by atoms with van der Waals surface area (Å²) >= 11 is 3.72. The van der Waals surface area contributed by atoms with Crippen LogP contribution in [-0.2, 0) is 35.2 Å². The summed E-state index contributed by atoms with van der Waals surface area (Å²) in [5.41, 5.74) is 0.412. The Morgan fingerprint density at radius 2 is 1.83 bits per heavy atom. The predicted octanol–water partition coefficient (Wildman–Crippen LogP) is 3.70. The van der Waals surface area contributed by atoms with Gasteiger partial charge in [-0.2, -0.15) is 0 Å². The maximum atomic E-state index is 14.5. The van der Waals surface area contributed by atoms with E-state index in [1.54, 1.807) is 17.1 Å². The zero-order valence-electron chi connectivity index (χ0n) is 26.3. The number of ether oxygens (including phenoxy) is 2. The second-order valence-electron chi connectivity index (χ2n) is 12.2. The van der Waals surface area contributed by atoms with Gasteiger partial charge in [-0.15, -0.1) is 13.2 Å². The van der Waals surface area contributed by atoms with E-state index >= 15 is 0 Å². The molecule has 5 rings (SSSR count). The summed E-state index contributed by atoms with van der Waals surface area (Å²) in [6, 6.07) is 17.1. The highest BCUT2D eigenvalue weighted by molar-refractivity contribution is 9.09. The van der Waals surface area contributed by atoms with Crippen molar-refractivity contribution in [1.82, 2.24) is 15.1 Å². The van der Waals surface area contributed by atoms with Crippen molar-refractivity contribution in [3.63, 3.8) is 0 Å². The van der Waals surface area contributed by atoms with Gasteiger partial charge in [-0.3, -0.25) is 19.2 Å². The minimum Gasteiger partial charge on any atom is -0.463 e. The lowest BCUT2D eigenvalue weighted by atomic mass is 9.70. The Hall–Kier alpha value is -3.80. The fourth-order valence-corrected chi connectivity index (χ4v) is 8.14. The van der Waals surface area contributed by atoms with Gasteiger partial charge in [0.05, 0.1) is 24.0 Å². The number of carbonyl (C=O) groups excluding carboxylic acids is 4. The van der Waals surface area contributed by atoms with Gasteiger partial charge in [0.25, 0.3) is 0 Å². The minimum atomic E-state index is -1.25. The number of nitrogens with one attached hydrogen (secondary N) is 1. The van der Waals surface area contributed by atoms with E-state index in [1.165, 1.54) is 4.90 Å². The molecule has 2 N–H and O–H groups in total. The molecule has 0 saturated carbocycles. The van der Waals surface area contributed by atoms with Crippen molar-refractivity contribution in [2.24, 2.45) is 11.8 Å². The number of carbonyl (C=O) groups is 4. The normalized spacial score (nSPS) is 26.4. The highest BCUT2D eigenvalue weighted by Gasteiger charge is 2.76. The molecule has 0 aromatic heterocycles. The molecule has 11 heteroatoms. The quantitative estimate of drug-likeness (QED) is 0.155. The molecule has 3 fully saturated rings. The smallest absolute Gasteiger partial charge is 0.306 e. The van der Waals surface area contributed by atoms with Gasteiger partial charge in [-0.1, -0.05) is 88.7 Å². The van der Waals surface area contributed by atoms with Crippen molar-refractivity contribution in [3.05, 3.63) is 97.1 Å². The fraction of sp³-hybridized carbons (Fsp3) is 0.444. The number of fused-ring (bicyclic) bond motifs is 1. The maximum Gasteiger partial charge on any atom is 0.306 e. The molecule has 3 aliphatic heterocycles. The van der Waals surface area contributed by atoms with Crippen LogP contribution >= 0.6 is 15.9 Å². The summed E-state index contributed by atoms with van der Waals surface area (Å²) < 4.78 is 12.2. The zero-order chi connectivity index (χ0) is 33.6. The number of likely N-dealkylation sites (tertiary alicyclic amines) is 1. The number of aliphatic hydroxyl groups is 1. The number of aliphatic hydroxyl groups excluding tert-OH is 1. The average Bonchev–Trinajstić information content (AvgIpc) is 3.67. The van der Waals surface area contributed by atoms with E-state index in [0.29, 0.717) is 19.4 Å². The lowest BCUT2D eigenvalue weighted by Gasteiger charge is -2.37. The first-order chi connectivity index (χ1) is 22.7. The molecule has 10 nitrogen and oxygen atoms in total. The largest absolute Gasteiger partial charge is 0.463 e. The molecule has 3 aliphatic rings. The third-order valence-electron chi connectivity index (χ3n) is 9.24. The molecular formula is C36H42BrN3O7. The summed E-state index contributed by atoms with van der Waals surface area (Å²) in [5.74, 6) is -3.28. The average molecular weight is 709 g/mol. The van der Waals surface area contributed by atoms with E-state index < -0.39 is 47.5 Å². The maximum absolute atomic E-state index is 14.5. The van der Waals surface area contributed by atoms with Crippen LogP contribution < -0.4 is 5.32 Å². The van der Waals surface area contributed by atoms with E-state index in [4.69, 9.17) is 9.47 Å². The standard InChI is InChI=1S/C36H42BrN3O7/c1-3-5-17-28(42)46-23-27(25-15-10-7-11-16-25)38-33(43)29-30-34(44)40(19-12-20-41)32(36(30)21-26(37)31(29)47-36)35(45)39(18-4-2)22-24-13-8-6-9-14-24/h3-4,6-11,13-16,26-27,29-32,41H,1-2,5,12,17-23H2,(H,38,43)/t26?,27-,29-,30+,31-,32-,36+/m0/s1.